The van der Waals surface area contributed by atoms with E-state index in [1.54, 1.807) is 24.1 Å². The van der Waals surface area contributed by atoms with Crippen LogP contribution in [0.15, 0.2) is 29.7 Å². The largest absolute Gasteiger partial charge is 0.391 e. The minimum absolute atomic E-state index is 0.0121. The third kappa shape index (κ3) is 4.46. The third-order valence-corrected chi connectivity index (χ3v) is 6.33. The van der Waals surface area contributed by atoms with Crippen molar-refractivity contribution in [3.63, 3.8) is 0 Å². The minimum Gasteiger partial charge on any atom is -0.367 e. The van der Waals surface area contributed by atoms with Gasteiger partial charge in [0.05, 0.1) is 17.9 Å². The average molecular weight is 417 g/mol. The number of nitrogens with one attached hydrogen (secondary N) is 2. The lowest BCUT2D eigenvalue weighted by atomic mass is 9.85. The van der Waals surface area contributed by atoms with Crippen molar-refractivity contribution in [2.24, 2.45) is 13.0 Å². The zero-order valence-electron chi connectivity index (χ0n) is 15.5. The first-order chi connectivity index (χ1) is 13.1. The number of hydrogen-bond acceptors (Lipinski definition) is 5. The van der Waals surface area contributed by atoms with Gasteiger partial charge in [-0.2, -0.15) is 13.2 Å². The zero-order valence-corrected chi connectivity index (χ0v) is 16.3. The van der Waals surface area contributed by atoms with Gasteiger partial charge in [-0.25, -0.2) is 23.1 Å². The van der Waals surface area contributed by atoms with Crippen LogP contribution in [0.2, 0.25) is 0 Å². The lowest BCUT2D eigenvalue weighted by molar-refractivity contribution is -0.182. The molecule has 154 valence electrons. The summed E-state index contributed by atoms with van der Waals surface area (Å²) in [5.41, 5.74) is 1.00. The van der Waals surface area contributed by atoms with Gasteiger partial charge in [-0.1, -0.05) is 0 Å². The van der Waals surface area contributed by atoms with E-state index in [2.05, 4.69) is 20.0 Å². The van der Waals surface area contributed by atoms with E-state index in [-0.39, 0.29) is 23.8 Å². The molecule has 0 amide bonds. The summed E-state index contributed by atoms with van der Waals surface area (Å²) in [6.45, 7) is 0. The smallest absolute Gasteiger partial charge is 0.367 e. The Labute approximate surface area is 161 Å². The van der Waals surface area contributed by atoms with E-state index in [9.17, 15) is 21.6 Å². The third-order valence-electron chi connectivity index (χ3n) is 4.95. The topological polar surface area (TPSA) is 88.9 Å². The highest BCUT2D eigenvalue weighted by Gasteiger charge is 2.41. The molecule has 0 bridgehead atoms. The van der Waals surface area contributed by atoms with Crippen molar-refractivity contribution in [1.29, 1.82) is 0 Å². The predicted octanol–water partition coefficient (Wildman–Crippen LogP) is 2.92. The normalized spacial score (nSPS) is 20.9. The van der Waals surface area contributed by atoms with Gasteiger partial charge in [0.15, 0.2) is 0 Å². The fraction of sp³-hybridized carbons (Fsp3) is 0.529. The Bertz CT molecular complexity index is 935. The number of aryl methyl sites for hydroxylation is 1. The Morgan fingerprint density at radius 1 is 1.18 bits per heavy atom. The lowest BCUT2D eigenvalue weighted by Crippen LogP contribution is -2.33. The van der Waals surface area contributed by atoms with Gasteiger partial charge in [0.2, 0.25) is 10.0 Å². The molecule has 2 N–H and O–H groups in total. The van der Waals surface area contributed by atoms with Crippen LogP contribution in [0.4, 0.5) is 19.0 Å². The molecular formula is C17H22F3N5O2S. The van der Waals surface area contributed by atoms with Crippen LogP contribution in [0, 0.1) is 5.92 Å². The molecule has 1 aliphatic carbocycles. The number of sulfonamides is 1. The second-order valence-electron chi connectivity index (χ2n) is 6.93. The standard InChI is InChI=1S/C17H22F3N5O2S/c1-21-28(26,27)13-7-14(15-9-25(2)10-23-15)16(22-8-13)24-12-5-3-11(4-6-12)17(18,19)20/h7-12,21H,3-6H2,1-2H3,(H,22,24). The summed E-state index contributed by atoms with van der Waals surface area (Å²) in [6, 6.07) is 1.30. The molecule has 0 saturated heterocycles. The molecule has 0 radical (unpaired) electrons. The Balaban J connectivity index is 1.87. The predicted molar refractivity (Wildman–Crippen MR) is 98.1 cm³/mol. The second kappa shape index (κ2) is 7.70. The molecule has 1 fully saturated rings. The fourth-order valence-corrected chi connectivity index (χ4v) is 4.03. The first-order valence-electron chi connectivity index (χ1n) is 8.85. The molecule has 0 spiro atoms. The molecule has 0 unspecified atom stereocenters. The maximum Gasteiger partial charge on any atom is 0.391 e. The number of alkyl halides is 3. The van der Waals surface area contributed by atoms with Crippen molar-refractivity contribution < 1.29 is 21.6 Å². The molecule has 28 heavy (non-hydrogen) atoms. The number of anilines is 1. The van der Waals surface area contributed by atoms with E-state index < -0.39 is 22.1 Å². The molecule has 2 aromatic rings. The molecule has 0 aliphatic heterocycles. The molecule has 2 aromatic heterocycles. The summed E-state index contributed by atoms with van der Waals surface area (Å²) in [5.74, 6) is -0.860. The highest BCUT2D eigenvalue weighted by molar-refractivity contribution is 7.89. The van der Waals surface area contributed by atoms with E-state index in [1.807, 2.05) is 0 Å². The average Bonchev–Trinajstić information content (AvgIpc) is 3.08. The number of nitrogens with zero attached hydrogens (tertiary/aromatic N) is 3. The summed E-state index contributed by atoms with van der Waals surface area (Å²) in [7, 11) is -0.607. The number of pyridine rings is 1. The number of rotatable bonds is 5. The molecular weight excluding hydrogens is 395 g/mol. The van der Waals surface area contributed by atoms with E-state index in [0.717, 1.165) is 0 Å². The van der Waals surface area contributed by atoms with Crippen LogP contribution in [-0.4, -0.2) is 42.2 Å². The minimum atomic E-state index is -4.16. The second-order valence-corrected chi connectivity index (χ2v) is 8.82. The van der Waals surface area contributed by atoms with Crippen LogP contribution in [0.3, 0.4) is 0 Å². The van der Waals surface area contributed by atoms with Crippen LogP contribution in [0.5, 0.6) is 0 Å². The zero-order chi connectivity index (χ0) is 20.5. The van der Waals surface area contributed by atoms with Crippen molar-refractivity contribution in [2.75, 3.05) is 12.4 Å². The van der Waals surface area contributed by atoms with E-state index in [4.69, 9.17) is 0 Å². The maximum absolute atomic E-state index is 12.9. The summed E-state index contributed by atoms with van der Waals surface area (Å²) < 4.78 is 66.8. The van der Waals surface area contributed by atoms with Gasteiger partial charge in [0.25, 0.3) is 0 Å². The van der Waals surface area contributed by atoms with Gasteiger partial charge in [0.1, 0.15) is 10.7 Å². The van der Waals surface area contributed by atoms with Crippen molar-refractivity contribution in [3.05, 3.63) is 24.8 Å². The Kier molecular flexibility index (Phi) is 5.67. The highest BCUT2D eigenvalue weighted by atomic mass is 32.2. The molecule has 0 atom stereocenters. The van der Waals surface area contributed by atoms with Crippen LogP contribution in [0.1, 0.15) is 25.7 Å². The molecule has 7 nitrogen and oxygen atoms in total. The molecule has 2 heterocycles. The monoisotopic (exact) mass is 417 g/mol. The lowest BCUT2D eigenvalue weighted by Gasteiger charge is -2.31. The summed E-state index contributed by atoms with van der Waals surface area (Å²) in [5, 5.41) is 3.18. The summed E-state index contributed by atoms with van der Waals surface area (Å²) in [6.07, 6.45) is 1.21. The molecule has 1 aliphatic rings. The van der Waals surface area contributed by atoms with Crippen molar-refractivity contribution in [1.82, 2.24) is 19.3 Å². The van der Waals surface area contributed by atoms with Crippen molar-refractivity contribution in [3.8, 4) is 11.3 Å². The van der Waals surface area contributed by atoms with Gasteiger partial charge in [-0.3, -0.25) is 0 Å². The van der Waals surface area contributed by atoms with Crippen LogP contribution in [-0.2, 0) is 17.1 Å². The summed E-state index contributed by atoms with van der Waals surface area (Å²) >= 11 is 0. The summed E-state index contributed by atoms with van der Waals surface area (Å²) in [4.78, 5) is 8.48. The van der Waals surface area contributed by atoms with Crippen LogP contribution < -0.4 is 10.0 Å². The molecule has 3 rings (SSSR count). The van der Waals surface area contributed by atoms with Gasteiger partial charge in [-0.15, -0.1) is 0 Å². The van der Waals surface area contributed by atoms with Crippen molar-refractivity contribution >= 4 is 15.8 Å². The number of aromatic nitrogens is 3. The fourth-order valence-electron chi connectivity index (χ4n) is 3.33. The van der Waals surface area contributed by atoms with Gasteiger partial charge >= 0.3 is 6.18 Å². The van der Waals surface area contributed by atoms with Gasteiger partial charge in [0, 0.05) is 31.0 Å². The number of hydrogen-bond donors (Lipinski definition) is 2. The van der Waals surface area contributed by atoms with Crippen LogP contribution >= 0.6 is 0 Å². The highest BCUT2D eigenvalue weighted by Crippen LogP contribution is 2.38. The molecule has 0 aromatic carbocycles. The van der Waals surface area contributed by atoms with E-state index in [1.165, 1.54) is 19.3 Å². The van der Waals surface area contributed by atoms with Gasteiger partial charge < -0.3 is 9.88 Å². The van der Waals surface area contributed by atoms with Crippen LogP contribution in [0.25, 0.3) is 11.3 Å². The van der Waals surface area contributed by atoms with E-state index in [0.29, 0.717) is 29.9 Å². The Hall–Kier alpha value is -2.14. The Morgan fingerprint density at radius 2 is 1.86 bits per heavy atom. The SMILES string of the molecule is CNS(=O)(=O)c1cnc(NC2CCC(C(F)(F)F)CC2)c(-c2cn(C)cn2)c1. The molecule has 1 saturated carbocycles. The maximum atomic E-state index is 12.9. The number of imidazole rings is 1. The first-order valence-corrected chi connectivity index (χ1v) is 10.3. The van der Waals surface area contributed by atoms with Crippen molar-refractivity contribution in [2.45, 2.75) is 42.8 Å². The van der Waals surface area contributed by atoms with Gasteiger partial charge in [-0.05, 0) is 38.8 Å². The molecule has 11 heteroatoms. The number of halogens is 3. The quantitative estimate of drug-likeness (QED) is 0.781. The Morgan fingerprint density at radius 3 is 2.39 bits per heavy atom. The van der Waals surface area contributed by atoms with E-state index >= 15 is 0 Å². The first kappa shape index (κ1) is 20.6.